The Morgan fingerprint density at radius 2 is 1.86 bits per heavy atom. The number of rotatable bonds is 1. The lowest BCUT2D eigenvalue weighted by molar-refractivity contribution is -0.133. The Hall–Kier alpha value is -0.790. The molecule has 0 aromatic carbocycles. The summed E-state index contributed by atoms with van der Waals surface area (Å²) in [5.74, 6) is 0.296. The van der Waals surface area contributed by atoms with Crippen molar-refractivity contribution in [3.8, 4) is 0 Å². The molecule has 1 amide bonds. The molecule has 1 rings (SSSR count). The number of carbonyl (C=O) groups is 1. The van der Waals surface area contributed by atoms with Gasteiger partial charge >= 0.3 is 0 Å². The quantitative estimate of drug-likeness (QED) is 0.589. The number of piperidine rings is 1. The fraction of sp³-hybridized carbons (Fsp3) is 0.750. The summed E-state index contributed by atoms with van der Waals surface area (Å²) in [4.78, 5) is 13.8. The van der Waals surface area contributed by atoms with Crippen molar-refractivity contribution in [3.63, 3.8) is 0 Å². The van der Waals surface area contributed by atoms with Crippen LogP contribution in [0.4, 0.5) is 0 Å². The number of hydrogen-bond acceptors (Lipinski definition) is 1. The summed E-state index contributed by atoms with van der Waals surface area (Å²) in [7, 11) is 0. The summed E-state index contributed by atoms with van der Waals surface area (Å²) in [5, 5.41) is 0. The van der Waals surface area contributed by atoms with Crippen LogP contribution in [-0.4, -0.2) is 23.9 Å². The van der Waals surface area contributed by atoms with Gasteiger partial charge in [-0.2, -0.15) is 0 Å². The molecule has 80 valence electrons. The lowest BCUT2D eigenvalue weighted by atomic mass is 9.91. The van der Waals surface area contributed by atoms with Crippen LogP contribution in [0, 0.1) is 5.41 Å². The zero-order chi connectivity index (χ0) is 10.8. The minimum absolute atomic E-state index is 0.103. The molecule has 1 aliphatic heterocycles. The van der Waals surface area contributed by atoms with Gasteiger partial charge < -0.3 is 4.90 Å². The third-order valence-electron chi connectivity index (χ3n) is 2.50. The maximum Gasteiger partial charge on any atom is 0.223 e. The van der Waals surface area contributed by atoms with Crippen molar-refractivity contribution in [2.75, 3.05) is 13.1 Å². The molecule has 0 saturated carbocycles. The first kappa shape index (κ1) is 11.3. The highest BCUT2D eigenvalue weighted by atomic mass is 16.2. The topological polar surface area (TPSA) is 20.3 Å². The normalized spacial score (nSPS) is 18.5. The molecule has 1 heterocycles. The molecule has 1 saturated heterocycles. The molecule has 0 aromatic heterocycles. The SMILES string of the molecule is C=C1CCN(C(=O)CC(C)(C)C)CC1. The van der Waals surface area contributed by atoms with Gasteiger partial charge in [0.05, 0.1) is 0 Å². The molecule has 2 nitrogen and oxygen atoms in total. The van der Waals surface area contributed by atoms with Gasteiger partial charge in [-0.15, -0.1) is 0 Å². The maximum absolute atomic E-state index is 11.8. The zero-order valence-electron chi connectivity index (χ0n) is 9.60. The largest absolute Gasteiger partial charge is 0.342 e. The van der Waals surface area contributed by atoms with Gasteiger partial charge in [0.1, 0.15) is 0 Å². The van der Waals surface area contributed by atoms with E-state index >= 15 is 0 Å². The Morgan fingerprint density at radius 3 is 2.29 bits per heavy atom. The molecule has 0 bridgehead atoms. The first-order chi connectivity index (χ1) is 6.38. The molecule has 1 fully saturated rings. The minimum atomic E-state index is 0.103. The summed E-state index contributed by atoms with van der Waals surface area (Å²) in [6, 6.07) is 0. The predicted molar refractivity (Wildman–Crippen MR) is 59.0 cm³/mol. The lowest BCUT2D eigenvalue weighted by Crippen LogP contribution is -2.37. The third-order valence-corrected chi connectivity index (χ3v) is 2.50. The van der Waals surface area contributed by atoms with E-state index in [1.807, 2.05) is 4.90 Å². The van der Waals surface area contributed by atoms with Gasteiger partial charge in [0.2, 0.25) is 5.91 Å². The van der Waals surface area contributed by atoms with Gasteiger partial charge in [0.25, 0.3) is 0 Å². The second kappa shape index (κ2) is 4.16. The molecular weight excluding hydrogens is 174 g/mol. The lowest BCUT2D eigenvalue weighted by Gasteiger charge is -2.30. The molecule has 14 heavy (non-hydrogen) atoms. The second-order valence-electron chi connectivity index (χ2n) is 5.37. The minimum Gasteiger partial charge on any atom is -0.342 e. The number of hydrogen-bond donors (Lipinski definition) is 0. The Balaban J connectivity index is 2.42. The maximum atomic E-state index is 11.8. The standard InChI is InChI=1S/C12H21NO/c1-10-5-7-13(8-6-10)11(14)9-12(2,3)4/h1,5-9H2,2-4H3. The van der Waals surface area contributed by atoms with Crippen LogP contribution < -0.4 is 0 Å². The molecule has 1 aliphatic rings. The van der Waals surface area contributed by atoms with E-state index in [4.69, 9.17) is 0 Å². The van der Waals surface area contributed by atoms with Crippen LogP contribution >= 0.6 is 0 Å². The Bertz CT molecular complexity index is 227. The molecule has 0 N–H and O–H groups in total. The van der Waals surface area contributed by atoms with E-state index in [0.29, 0.717) is 12.3 Å². The summed E-state index contributed by atoms with van der Waals surface area (Å²) >= 11 is 0. The molecule has 0 spiro atoms. The van der Waals surface area contributed by atoms with Gasteiger partial charge in [-0.05, 0) is 18.3 Å². The van der Waals surface area contributed by atoms with E-state index in [9.17, 15) is 4.79 Å². The van der Waals surface area contributed by atoms with Crippen molar-refractivity contribution in [3.05, 3.63) is 12.2 Å². The van der Waals surface area contributed by atoms with E-state index in [1.54, 1.807) is 0 Å². The van der Waals surface area contributed by atoms with Gasteiger partial charge in [-0.25, -0.2) is 0 Å². The van der Waals surface area contributed by atoms with E-state index in [0.717, 1.165) is 25.9 Å². The first-order valence-electron chi connectivity index (χ1n) is 5.33. The number of nitrogens with zero attached hydrogens (tertiary/aromatic N) is 1. The molecular formula is C12H21NO. The van der Waals surface area contributed by atoms with Crippen LogP contribution in [0.3, 0.4) is 0 Å². The summed E-state index contributed by atoms with van der Waals surface area (Å²) < 4.78 is 0. The summed E-state index contributed by atoms with van der Waals surface area (Å²) in [5.41, 5.74) is 1.38. The van der Waals surface area contributed by atoms with Crippen LogP contribution in [0.5, 0.6) is 0 Å². The van der Waals surface area contributed by atoms with Crippen molar-refractivity contribution in [1.82, 2.24) is 4.90 Å². The van der Waals surface area contributed by atoms with Crippen LogP contribution in [-0.2, 0) is 4.79 Å². The van der Waals surface area contributed by atoms with Crippen molar-refractivity contribution < 1.29 is 4.79 Å². The Labute approximate surface area is 87.0 Å². The highest BCUT2D eigenvalue weighted by Crippen LogP contribution is 2.22. The monoisotopic (exact) mass is 195 g/mol. The van der Waals surface area contributed by atoms with Crippen LogP contribution in [0.1, 0.15) is 40.0 Å². The van der Waals surface area contributed by atoms with E-state index in [2.05, 4.69) is 27.4 Å². The molecule has 2 heteroatoms. The van der Waals surface area contributed by atoms with E-state index < -0.39 is 0 Å². The molecule has 0 radical (unpaired) electrons. The number of carbonyl (C=O) groups excluding carboxylic acids is 1. The Morgan fingerprint density at radius 1 is 1.36 bits per heavy atom. The fourth-order valence-corrected chi connectivity index (χ4v) is 1.64. The highest BCUT2D eigenvalue weighted by Gasteiger charge is 2.22. The predicted octanol–water partition coefficient (Wildman–Crippen LogP) is 2.60. The Kier molecular flexibility index (Phi) is 3.35. The van der Waals surface area contributed by atoms with Crippen molar-refractivity contribution >= 4 is 5.91 Å². The third kappa shape index (κ3) is 3.52. The van der Waals surface area contributed by atoms with Crippen LogP contribution in [0.2, 0.25) is 0 Å². The fourth-order valence-electron chi connectivity index (χ4n) is 1.64. The van der Waals surface area contributed by atoms with Crippen molar-refractivity contribution in [2.45, 2.75) is 40.0 Å². The second-order valence-corrected chi connectivity index (χ2v) is 5.37. The summed E-state index contributed by atoms with van der Waals surface area (Å²) in [6.45, 7) is 12.0. The molecule has 0 unspecified atom stereocenters. The van der Waals surface area contributed by atoms with E-state index in [1.165, 1.54) is 5.57 Å². The van der Waals surface area contributed by atoms with Crippen molar-refractivity contribution in [2.24, 2.45) is 5.41 Å². The van der Waals surface area contributed by atoms with Crippen LogP contribution in [0.15, 0.2) is 12.2 Å². The number of amides is 1. The molecule has 0 atom stereocenters. The average molecular weight is 195 g/mol. The molecule has 0 aliphatic carbocycles. The first-order valence-corrected chi connectivity index (χ1v) is 5.33. The average Bonchev–Trinajstić information content (AvgIpc) is 2.02. The van der Waals surface area contributed by atoms with Gasteiger partial charge in [-0.3, -0.25) is 4.79 Å². The van der Waals surface area contributed by atoms with Gasteiger partial charge in [0, 0.05) is 19.5 Å². The zero-order valence-corrected chi connectivity index (χ0v) is 9.60. The van der Waals surface area contributed by atoms with Crippen LogP contribution in [0.25, 0.3) is 0 Å². The summed E-state index contributed by atoms with van der Waals surface area (Å²) in [6.07, 6.45) is 2.62. The molecule has 0 aromatic rings. The van der Waals surface area contributed by atoms with E-state index in [-0.39, 0.29) is 5.41 Å². The van der Waals surface area contributed by atoms with Crippen molar-refractivity contribution in [1.29, 1.82) is 0 Å². The number of likely N-dealkylation sites (tertiary alicyclic amines) is 1. The highest BCUT2D eigenvalue weighted by molar-refractivity contribution is 5.77. The van der Waals surface area contributed by atoms with Gasteiger partial charge in [0.15, 0.2) is 0 Å². The van der Waals surface area contributed by atoms with Gasteiger partial charge in [-0.1, -0.05) is 32.9 Å². The smallest absolute Gasteiger partial charge is 0.223 e.